The molecule has 1 amide bonds. The van der Waals surface area contributed by atoms with Gasteiger partial charge >= 0.3 is 0 Å². The maximum absolute atomic E-state index is 13.2. The van der Waals surface area contributed by atoms with Crippen LogP contribution in [0.5, 0.6) is 0 Å². The lowest BCUT2D eigenvalue weighted by Gasteiger charge is -2.38. The van der Waals surface area contributed by atoms with E-state index in [4.69, 9.17) is 11.6 Å². The minimum atomic E-state index is -0.921. The Hall–Kier alpha value is -2.20. The van der Waals surface area contributed by atoms with Gasteiger partial charge in [0, 0.05) is 11.2 Å². The van der Waals surface area contributed by atoms with Gasteiger partial charge in [0.15, 0.2) is 11.6 Å². The van der Waals surface area contributed by atoms with Crippen molar-refractivity contribution in [1.82, 2.24) is 4.98 Å². The maximum atomic E-state index is 13.2. The molecule has 1 aromatic heterocycles. The number of amides is 1. The number of rotatable bonds is 1. The predicted molar refractivity (Wildman–Crippen MR) is 88.1 cm³/mol. The molecule has 5 heteroatoms. The van der Waals surface area contributed by atoms with E-state index in [1.165, 1.54) is 0 Å². The largest absolute Gasteiger partial charge is 0.293 e. The molecule has 1 spiro atoms. The first-order valence-corrected chi connectivity index (χ1v) is 8.11. The second-order valence-corrected chi connectivity index (χ2v) is 6.55. The Balaban J connectivity index is 1.93. The van der Waals surface area contributed by atoms with Crippen molar-refractivity contribution in [3.63, 3.8) is 0 Å². The number of pyridine rings is 1. The van der Waals surface area contributed by atoms with Crippen molar-refractivity contribution in [2.45, 2.75) is 25.7 Å². The fourth-order valence-corrected chi connectivity index (χ4v) is 3.79. The summed E-state index contributed by atoms with van der Waals surface area (Å²) in [4.78, 5) is 32.1. The van der Waals surface area contributed by atoms with Crippen LogP contribution in [0.25, 0.3) is 0 Å². The summed E-state index contributed by atoms with van der Waals surface area (Å²) in [6, 6.07) is 10.6. The number of aromatic nitrogens is 1. The molecular weight excluding hydrogens is 312 g/mol. The van der Waals surface area contributed by atoms with Gasteiger partial charge in [-0.05, 0) is 49.2 Å². The van der Waals surface area contributed by atoms with Gasteiger partial charge in [-0.2, -0.15) is 0 Å². The van der Waals surface area contributed by atoms with E-state index in [0.29, 0.717) is 34.9 Å². The third kappa shape index (κ3) is 2.01. The molecule has 2 heterocycles. The minimum Gasteiger partial charge on any atom is -0.293 e. The zero-order valence-electron chi connectivity index (χ0n) is 12.5. The highest BCUT2D eigenvalue weighted by atomic mass is 35.5. The molecular formula is C18H15ClN2O2. The fourth-order valence-electron chi connectivity index (χ4n) is 3.67. The van der Waals surface area contributed by atoms with Gasteiger partial charge in [0.2, 0.25) is 5.91 Å². The van der Waals surface area contributed by atoms with E-state index in [2.05, 4.69) is 4.98 Å². The molecule has 1 fully saturated rings. The van der Waals surface area contributed by atoms with Crippen LogP contribution >= 0.6 is 11.6 Å². The van der Waals surface area contributed by atoms with Crippen molar-refractivity contribution in [3.8, 4) is 0 Å². The summed E-state index contributed by atoms with van der Waals surface area (Å²) in [5.41, 5.74) is 0.303. The summed E-state index contributed by atoms with van der Waals surface area (Å²) in [7, 11) is 0. The smallest absolute Gasteiger partial charge is 0.246 e. The van der Waals surface area contributed by atoms with Crippen LogP contribution in [-0.2, 0) is 4.79 Å². The Bertz CT molecular complexity index is 795. The van der Waals surface area contributed by atoms with Gasteiger partial charge in [-0.25, -0.2) is 4.98 Å². The van der Waals surface area contributed by atoms with Gasteiger partial charge in [-0.3, -0.25) is 14.5 Å². The normalized spacial score (nSPS) is 19.3. The lowest BCUT2D eigenvalue weighted by Crippen LogP contribution is -2.50. The molecule has 1 aliphatic carbocycles. The fraction of sp³-hybridized carbons (Fsp3) is 0.278. The SMILES string of the molecule is O=C1c2cccnc2N(c2ccc(Cl)cc2)C(=O)C12CCCC2. The first-order chi connectivity index (χ1) is 11.1. The van der Waals surface area contributed by atoms with Gasteiger partial charge in [-0.1, -0.05) is 24.4 Å². The summed E-state index contributed by atoms with van der Waals surface area (Å²) < 4.78 is 0. The number of fused-ring (bicyclic) bond motifs is 1. The van der Waals surface area contributed by atoms with E-state index in [-0.39, 0.29) is 11.7 Å². The average molecular weight is 327 g/mol. The van der Waals surface area contributed by atoms with Crippen molar-refractivity contribution in [3.05, 3.63) is 53.2 Å². The third-order valence-corrected chi connectivity index (χ3v) is 5.08. The van der Waals surface area contributed by atoms with Crippen molar-refractivity contribution in [1.29, 1.82) is 0 Å². The number of halogens is 1. The number of benzene rings is 1. The van der Waals surface area contributed by atoms with E-state index < -0.39 is 5.41 Å². The van der Waals surface area contributed by atoms with Crippen LogP contribution in [0.2, 0.25) is 5.02 Å². The number of Topliss-reactive ketones (excluding diaryl/α,β-unsaturated/α-hetero) is 1. The van der Waals surface area contributed by atoms with Crippen molar-refractivity contribution in [2.24, 2.45) is 5.41 Å². The molecule has 2 aliphatic rings. The Labute approximate surface area is 139 Å². The van der Waals surface area contributed by atoms with E-state index >= 15 is 0 Å². The molecule has 1 aliphatic heterocycles. The van der Waals surface area contributed by atoms with Crippen molar-refractivity contribution in [2.75, 3.05) is 4.90 Å². The molecule has 2 aromatic rings. The number of carbonyl (C=O) groups excluding carboxylic acids is 2. The molecule has 23 heavy (non-hydrogen) atoms. The summed E-state index contributed by atoms with van der Waals surface area (Å²) in [5.74, 6) is 0.184. The molecule has 4 rings (SSSR count). The lowest BCUT2D eigenvalue weighted by molar-refractivity contribution is -0.125. The summed E-state index contributed by atoms with van der Waals surface area (Å²) >= 11 is 5.96. The van der Waals surface area contributed by atoms with Crippen LogP contribution in [-0.4, -0.2) is 16.7 Å². The second-order valence-electron chi connectivity index (χ2n) is 6.11. The number of hydrogen-bond donors (Lipinski definition) is 0. The van der Waals surface area contributed by atoms with Crippen LogP contribution in [0.1, 0.15) is 36.0 Å². The van der Waals surface area contributed by atoms with E-state index in [1.54, 1.807) is 47.5 Å². The predicted octanol–water partition coefficient (Wildman–Crippen LogP) is 4.16. The molecule has 1 aromatic carbocycles. The molecule has 0 saturated heterocycles. The minimum absolute atomic E-state index is 0.0756. The Morgan fingerprint density at radius 1 is 1.04 bits per heavy atom. The molecule has 0 N–H and O–H groups in total. The Morgan fingerprint density at radius 2 is 1.74 bits per heavy atom. The number of carbonyl (C=O) groups is 2. The first kappa shape index (κ1) is 14.4. The van der Waals surface area contributed by atoms with Gasteiger partial charge in [0.05, 0.1) is 11.3 Å². The maximum Gasteiger partial charge on any atom is 0.246 e. The highest BCUT2D eigenvalue weighted by molar-refractivity contribution is 6.31. The zero-order valence-corrected chi connectivity index (χ0v) is 13.2. The zero-order chi connectivity index (χ0) is 16.0. The third-order valence-electron chi connectivity index (χ3n) is 4.83. The van der Waals surface area contributed by atoms with E-state index in [0.717, 1.165) is 12.8 Å². The highest BCUT2D eigenvalue weighted by Crippen LogP contribution is 2.49. The number of hydrogen-bond acceptors (Lipinski definition) is 3. The van der Waals surface area contributed by atoms with Gasteiger partial charge in [0.25, 0.3) is 0 Å². The molecule has 116 valence electrons. The summed E-state index contributed by atoms with van der Waals surface area (Å²) in [5, 5.41) is 0.603. The molecule has 0 bridgehead atoms. The average Bonchev–Trinajstić information content (AvgIpc) is 3.06. The monoisotopic (exact) mass is 326 g/mol. The number of anilines is 2. The standard InChI is InChI=1S/C18H15ClN2O2/c19-12-5-7-13(8-6-12)21-16-14(4-3-11-20-16)15(22)18(17(21)23)9-1-2-10-18/h3-8,11H,1-2,9-10H2. The number of nitrogens with zero attached hydrogens (tertiary/aromatic N) is 2. The molecule has 0 radical (unpaired) electrons. The van der Waals surface area contributed by atoms with Crippen LogP contribution in [0.15, 0.2) is 42.6 Å². The summed E-state index contributed by atoms with van der Waals surface area (Å²) in [6.07, 6.45) is 4.64. The topological polar surface area (TPSA) is 50.3 Å². The lowest BCUT2D eigenvalue weighted by atomic mass is 9.75. The van der Waals surface area contributed by atoms with Gasteiger partial charge < -0.3 is 0 Å². The molecule has 0 atom stereocenters. The first-order valence-electron chi connectivity index (χ1n) is 7.73. The molecule has 0 unspecified atom stereocenters. The van der Waals surface area contributed by atoms with Crippen LogP contribution < -0.4 is 4.90 Å². The highest BCUT2D eigenvalue weighted by Gasteiger charge is 2.54. The Kier molecular flexibility index (Phi) is 3.23. The van der Waals surface area contributed by atoms with Gasteiger partial charge in [-0.15, -0.1) is 0 Å². The molecule has 1 saturated carbocycles. The number of ketones is 1. The van der Waals surface area contributed by atoms with Crippen LogP contribution in [0, 0.1) is 5.41 Å². The van der Waals surface area contributed by atoms with E-state index in [9.17, 15) is 9.59 Å². The van der Waals surface area contributed by atoms with Crippen molar-refractivity contribution < 1.29 is 9.59 Å². The Morgan fingerprint density at radius 3 is 2.43 bits per heavy atom. The van der Waals surface area contributed by atoms with E-state index in [1.807, 2.05) is 0 Å². The quantitative estimate of drug-likeness (QED) is 0.739. The molecule has 4 nitrogen and oxygen atoms in total. The van der Waals surface area contributed by atoms with Crippen LogP contribution in [0.4, 0.5) is 11.5 Å². The van der Waals surface area contributed by atoms with Crippen molar-refractivity contribution >= 4 is 34.8 Å². The second kappa shape index (κ2) is 5.17. The van der Waals surface area contributed by atoms with Gasteiger partial charge in [0.1, 0.15) is 5.41 Å². The summed E-state index contributed by atoms with van der Waals surface area (Å²) in [6.45, 7) is 0. The van der Waals surface area contributed by atoms with Crippen LogP contribution in [0.3, 0.4) is 0 Å².